The Labute approximate surface area is 203 Å². The van der Waals surface area contributed by atoms with Gasteiger partial charge in [0.05, 0.1) is 9.95 Å². The Hall–Kier alpha value is -2.00. The second-order valence-corrected chi connectivity index (χ2v) is 9.89. The highest BCUT2D eigenvalue weighted by atomic mass is 35.5. The van der Waals surface area contributed by atoms with Crippen molar-refractivity contribution in [2.24, 2.45) is 0 Å². The molecule has 2 saturated heterocycles. The van der Waals surface area contributed by atoms with Gasteiger partial charge in [-0.05, 0) is 51.9 Å². The third-order valence-electron chi connectivity index (χ3n) is 6.76. The lowest BCUT2D eigenvalue weighted by atomic mass is 9.97. The molecule has 0 saturated carbocycles. The van der Waals surface area contributed by atoms with E-state index in [4.69, 9.17) is 23.2 Å². The molecular formula is C23H28Cl2FN5O2. The number of piperazine rings is 1. The minimum absolute atomic E-state index is 0.103. The molecule has 2 aliphatic rings. The number of aromatic nitrogens is 1. The Balaban J connectivity index is 1.36. The summed E-state index contributed by atoms with van der Waals surface area (Å²) in [5, 5.41) is 11.7. The first-order valence-electron chi connectivity index (χ1n) is 11.2. The number of likely N-dealkylation sites (tertiary alicyclic amines) is 1. The maximum absolute atomic E-state index is 14.2. The van der Waals surface area contributed by atoms with E-state index in [0.717, 1.165) is 39.0 Å². The smallest absolute Gasteiger partial charge is 0.289 e. The largest absolute Gasteiger partial charge is 0.350 e. The fourth-order valence-corrected chi connectivity index (χ4v) is 5.42. The van der Waals surface area contributed by atoms with E-state index in [-0.39, 0.29) is 17.5 Å². The molecule has 0 unspecified atom stereocenters. The Morgan fingerprint density at radius 3 is 2.52 bits per heavy atom. The molecule has 0 amide bonds. The molecule has 2 aromatic rings. The number of pyridine rings is 1. The van der Waals surface area contributed by atoms with Crippen molar-refractivity contribution in [3.05, 3.63) is 62.0 Å². The monoisotopic (exact) mass is 495 g/mol. The Morgan fingerprint density at radius 2 is 1.88 bits per heavy atom. The summed E-state index contributed by atoms with van der Waals surface area (Å²) in [6, 6.07) is 7.18. The molecule has 33 heavy (non-hydrogen) atoms. The van der Waals surface area contributed by atoms with E-state index < -0.39 is 4.92 Å². The van der Waals surface area contributed by atoms with Crippen LogP contribution in [-0.2, 0) is 6.54 Å². The van der Waals surface area contributed by atoms with E-state index in [1.165, 1.54) is 18.3 Å². The zero-order valence-electron chi connectivity index (χ0n) is 18.8. The molecule has 2 atom stereocenters. The van der Waals surface area contributed by atoms with Crippen LogP contribution < -0.4 is 4.90 Å². The van der Waals surface area contributed by atoms with Gasteiger partial charge in [-0.15, -0.1) is 0 Å². The molecule has 2 aliphatic heterocycles. The predicted octanol–water partition coefficient (Wildman–Crippen LogP) is 5.00. The summed E-state index contributed by atoms with van der Waals surface area (Å²) in [6.07, 6.45) is 3.33. The molecule has 0 N–H and O–H groups in total. The van der Waals surface area contributed by atoms with Gasteiger partial charge in [0.2, 0.25) is 0 Å². The molecule has 1 aromatic heterocycles. The van der Waals surface area contributed by atoms with Crippen LogP contribution in [0.5, 0.6) is 0 Å². The Bertz CT molecular complexity index is 1020. The van der Waals surface area contributed by atoms with Crippen LogP contribution in [0.15, 0.2) is 30.5 Å². The molecular weight excluding hydrogens is 468 g/mol. The molecule has 0 radical (unpaired) electrons. The molecule has 0 aliphatic carbocycles. The van der Waals surface area contributed by atoms with E-state index in [0.29, 0.717) is 40.1 Å². The number of halogens is 3. The van der Waals surface area contributed by atoms with Crippen LogP contribution in [0.4, 0.5) is 15.9 Å². The fraction of sp³-hybridized carbons (Fsp3) is 0.522. The van der Waals surface area contributed by atoms with Crippen LogP contribution in [0, 0.1) is 15.9 Å². The van der Waals surface area contributed by atoms with E-state index in [1.54, 1.807) is 12.1 Å². The molecule has 2 fully saturated rings. The van der Waals surface area contributed by atoms with Gasteiger partial charge in [-0.2, -0.15) is 0 Å². The fourth-order valence-electron chi connectivity index (χ4n) is 4.99. The zero-order valence-corrected chi connectivity index (χ0v) is 20.3. The van der Waals surface area contributed by atoms with Gasteiger partial charge >= 0.3 is 0 Å². The average molecular weight is 496 g/mol. The first-order chi connectivity index (χ1) is 15.7. The summed E-state index contributed by atoms with van der Waals surface area (Å²) < 4.78 is 14.2. The third kappa shape index (κ3) is 5.40. The average Bonchev–Trinajstić information content (AvgIpc) is 2.77. The molecule has 1 aromatic carbocycles. The van der Waals surface area contributed by atoms with Crippen molar-refractivity contribution >= 4 is 34.7 Å². The highest BCUT2D eigenvalue weighted by Crippen LogP contribution is 2.32. The van der Waals surface area contributed by atoms with Gasteiger partial charge in [-0.1, -0.05) is 29.3 Å². The minimum atomic E-state index is -0.486. The van der Waals surface area contributed by atoms with Gasteiger partial charge in [-0.25, -0.2) is 9.37 Å². The van der Waals surface area contributed by atoms with Crippen LogP contribution in [-0.4, -0.2) is 64.0 Å². The van der Waals surface area contributed by atoms with Crippen molar-refractivity contribution in [3.63, 3.8) is 0 Å². The van der Waals surface area contributed by atoms with E-state index >= 15 is 0 Å². The third-order valence-corrected chi connectivity index (χ3v) is 7.27. The number of nitrogens with zero attached hydrogens (tertiary/aromatic N) is 5. The number of hydrogen-bond acceptors (Lipinski definition) is 6. The first-order valence-corrected chi connectivity index (χ1v) is 12.0. The van der Waals surface area contributed by atoms with Crippen LogP contribution in [0.25, 0.3) is 0 Å². The van der Waals surface area contributed by atoms with Crippen molar-refractivity contribution in [3.8, 4) is 0 Å². The van der Waals surface area contributed by atoms with Crippen LogP contribution >= 0.6 is 23.2 Å². The van der Waals surface area contributed by atoms with Gasteiger partial charge in [-0.3, -0.25) is 19.9 Å². The molecule has 7 nitrogen and oxygen atoms in total. The SMILES string of the molecule is C[C@@H]1CN(C2CCN(Cc3ccc(Cl)cc3F)CC2)[C@@H](C)CN1c1ncc([N+](=O)[O-])cc1Cl. The molecule has 4 rings (SSSR count). The lowest BCUT2D eigenvalue weighted by Gasteiger charge is -2.49. The minimum Gasteiger partial charge on any atom is -0.350 e. The second-order valence-electron chi connectivity index (χ2n) is 9.05. The van der Waals surface area contributed by atoms with Crippen molar-refractivity contribution in [1.82, 2.24) is 14.8 Å². The van der Waals surface area contributed by atoms with Crippen LogP contribution in [0.1, 0.15) is 32.3 Å². The summed E-state index contributed by atoms with van der Waals surface area (Å²) in [7, 11) is 0. The number of hydrogen-bond donors (Lipinski definition) is 0. The highest BCUT2D eigenvalue weighted by Gasteiger charge is 2.36. The summed E-state index contributed by atoms with van der Waals surface area (Å²) in [5.41, 5.74) is 0.578. The molecule has 3 heterocycles. The molecule has 0 spiro atoms. The number of nitro groups is 1. The number of anilines is 1. The van der Waals surface area contributed by atoms with Gasteiger partial charge in [0, 0.05) is 54.4 Å². The molecule has 178 valence electrons. The van der Waals surface area contributed by atoms with Crippen molar-refractivity contribution < 1.29 is 9.31 Å². The lowest BCUT2D eigenvalue weighted by molar-refractivity contribution is -0.385. The summed E-state index contributed by atoms with van der Waals surface area (Å²) in [6.45, 7) is 8.40. The molecule has 10 heteroatoms. The van der Waals surface area contributed by atoms with Crippen LogP contribution in [0.3, 0.4) is 0 Å². The van der Waals surface area contributed by atoms with Crippen LogP contribution in [0.2, 0.25) is 10.0 Å². The number of benzene rings is 1. The van der Waals surface area contributed by atoms with Crippen molar-refractivity contribution in [2.75, 3.05) is 31.1 Å². The highest BCUT2D eigenvalue weighted by molar-refractivity contribution is 6.33. The van der Waals surface area contributed by atoms with Crippen molar-refractivity contribution in [2.45, 2.75) is 51.4 Å². The van der Waals surface area contributed by atoms with E-state index in [1.807, 2.05) is 0 Å². The normalized spacial score (nSPS) is 23.1. The van der Waals surface area contributed by atoms with Gasteiger partial charge in [0.1, 0.15) is 17.8 Å². The standard InChI is InChI=1S/C23H28Cl2FN5O2/c1-15-13-30(23-21(25)10-20(11-27-23)31(32)33)16(2)12-29(15)19-5-7-28(8-6-19)14-17-3-4-18(24)9-22(17)26/h3-4,9-11,15-16,19H,5-8,12-14H2,1-2H3/t15-,16+/m0/s1. The Kier molecular flexibility index (Phi) is 7.38. The van der Waals surface area contributed by atoms with Gasteiger partial charge in [0.15, 0.2) is 0 Å². The predicted molar refractivity (Wildman–Crippen MR) is 129 cm³/mol. The van der Waals surface area contributed by atoms with Crippen molar-refractivity contribution in [1.29, 1.82) is 0 Å². The number of rotatable bonds is 5. The van der Waals surface area contributed by atoms with E-state index in [9.17, 15) is 14.5 Å². The first kappa shape index (κ1) is 24.1. The molecule has 0 bridgehead atoms. The Morgan fingerprint density at radius 1 is 1.15 bits per heavy atom. The zero-order chi connectivity index (χ0) is 23.7. The lowest BCUT2D eigenvalue weighted by Crippen LogP contribution is -2.61. The summed E-state index contributed by atoms with van der Waals surface area (Å²) >= 11 is 12.2. The van der Waals surface area contributed by atoms with Gasteiger partial charge in [0.25, 0.3) is 5.69 Å². The van der Waals surface area contributed by atoms with E-state index in [2.05, 4.69) is 33.5 Å². The second kappa shape index (κ2) is 10.1. The van der Waals surface area contributed by atoms with Gasteiger partial charge < -0.3 is 4.90 Å². The summed E-state index contributed by atoms with van der Waals surface area (Å²) in [5.74, 6) is 0.350. The quantitative estimate of drug-likeness (QED) is 0.429. The maximum Gasteiger partial charge on any atom is 0.289 e. The summed E-state index contributed by atoms with van der Waals surface area (Å²) in [4.78, 5) is 21.8. The maximum atomic E-state index is 14.2. The number of piperidine rings is 1. The topological polar surface area (TPSA) is 65.8 Å².